The van der Waals surface area contributed by atoms with Gasteiger partial charge in [0, 0.05) is 0 Å². The molecular weight excluding hydrogens is 142 g/mol. The van der Waals surface area contributed by atoms with Crippen LogP contribution in [-0.4, -0.2) is 0 Å². The molecule has 0 radical (unpaired) electrons. The van der Waals surface area contributed by atoms with Gasteiger partial charge in [-0.2, -0.15) is 40.5 Å². The molecular formula is H8Na2S3. The van der Waals surface area contributed by atoms with Gasteiger partial charge >= 0.3 is 59.1 Å². The molecule has 0 saturated carbocycles. The van der Waals surface area contributed by atoms with Crippen LogP contribution in [0.1, 0.15) is 2.85 Å². The first-order chi connectivity index (χ1) is 0. The molecule has 0 aliphatic carbocycles. The number of hydrogen-bond donors (Lipinski definition) is 0. The van der Waals surface area contributed by atoms with Gasteiger partial charge in [0.2, 0.25) is 0 Å². The van der Waals surface area contributed by atoms with Crippen LogP contribution in [0.4, 0.5) is 0 Å². The summed E-state index contributed by atoms with van der Waals surface area (Å²) in [6.45, 7) is 0. The van der Waals surface area contributed by atoms with Crippen LogP contribution < -0.4 is 59.1 Å². The second kappa shape index (κ2) is 27.7. The van der Waals surface area contributed by atoms with E-state index in [4.69, 9.17) is 0 Å². The average Bonchev–Trinajstić information content (AvgIpc) is 0. The normalized spacial score (nSPS) is 0. The van der Waals surface area contributed by atoms with E-state index in [0.717, 1.165) is 0 Å². The minimum absolute atomic E-state index is 0. The fourth-order valence-electron chi connectivity index (χ4n) is 0. The van der Waals surface area contributed by atoms with E-state index in [-0.39, 0.29) is 102 Å². The zero-order chi connectivity index (χ0) is 0. The van der Waals surface area contributed by atoms with Crippen LogP contribution in [0.5, 0.6) is 0 Å². The van der Waals surface area contributed by atoms with Gasteiger partial charge in [0.25, 0.3) is 0 Å². The Labute approximate surface area is 101 Å². The maximum Gasteiger partial charge on any atom is 1.00 e. The van der Waals surface area contributed by atoms with Crippen LogP contribution in [0.2, 0.25) is 0 Å². The molecule has 0 spiro atoms. The minimum atomic E-state index is 0. The van der Waals surface area contributed by atoms with E-state index >= 15 is 0 Å². The zero-order valence-electron chi connectivity index (χ0n) is 5.50. The first kappa shape index (κ1) is 43.0. The zero-order valence-corrected chi connectivity index (χ0v) is 10.5. The van der Waals surface area contributed by atoms with Crippen molar-refractivity contribution in [3.63, 3.8) is 0 Å². The maximum absolute atomic E-state index is 0. The Bertz CT molecular complexity index is 10.9. The largest absolute Gasteiger partial charge is 1.00 e. The predicted octanol–water partition coefficient (Wildman–Crippen LogP) is -5.43. The molecule has 0 fully saturated rings. The molecule has 0 heterocycles. The first-order valence-corrected chi connectivity index (χ1v) is 0. The summed E-state index contributed by atoms with van der Waals surface area (Å²) >= 11 is 0. The molecule has 0 aromatic carbocycles. The molecule has 0 rings (SSSR count). The van der Waals surface area contributed by atoms with E-state index in [9.17, 15) is 0 Å². The smallest absolute Gasteiger partial charge is 1.00 e. The Hall–Kier alpha value is 3.05. The molecule has 5 heteroatoms. The quantitative estimate of drug-likeness (QED) is 0.302. The summed E-state index contributed by atoms with van der Waals surface area (Å²) in [4.78, 5) is 0. The monoisotopic (exact) mass is 150 g/mol. The SMILES string of the molecule is S.S.S.[H-].[H-].[Na+].[Na+]. The molecule has 0 nitrogen and oxygen atoms in total. The average molecular weight is 150 g/mol. The number of hydrogen-bond acceptors (Lipinski definition) is 0. The van der Waals surface area contributed by atoms with E-state index in [2.05, 4.69) is 0 Å². The van der Waals surface area contributed by atoms with Crippen molar-refractivity contribution < 1.29 is 62.0 Å². The topological polar surface area (TPSA) is 0 Å². The molecule has 28 valence electrons. The van der Waals surface area contributed by atoms with E-state index < -0.39 is 0 Å². The van der Waals surface area contributed by atoms with Gasteiger partial charge in [-0.1, -0.05) is 0 Å². The Kier molecular flexibility index (Phi) is 239. The Morgan fingerprint density at radius 1 is 0.600 bits per heavy atom. The van der Waals surface area contributed by atoms with Crippen molar-refractivity contribution in [1.29, 1.82) is 0 Å². The van der Waals surface area contributed by atoms with Gasteiger partial charge in [-0.3, -0.25) is 0 Å². The van der Waals surface area contributed by atoms with Gasteiger partial charge in [-0.15, -0.1) is 0 Å². The summed E-state index contributed by atoms with van der Waals surface area (Å²) in [6, 6.07) is 0. The summed E-state index contributed by atoms with van der Waals surface area (Å²) in [7, 11) is 0. The Balaban J connectivity index is 0. The van der Waals surface area contributed by atoms with Crippen LogP contribution in [0.25, 0.3) is 0 Å². The van der Waals surface area contributed by atoms with Crippen LogP contribution in [-0.2, 0) is 0 Å². The molecule has 0 saturated heterocycles. The van der Waals surface area contributed by atoms with Gasteiger partial charge in [0.15, 0.2) is 0 Å². The van der Waals surface area contributed by atoms with Crippen molar-refractivity contribution in [1.82, 2.24) is 0 Å². The third-order valence-corrected chi connectivity index (χ3v) is 0. The van der Waals surface area contributed by atoms with Gasteiger partial charge in [-0.25, -0.2) is 0 Å². The fraction of sp³-hybridized carbons (Fsp3) is 0. The fourth-order valence-corrected chi connectivity index (χ4v) is 0. The molecule has 0 atom stereocenters. The van der Waals surface area contributed by atoms with Crippen molar-refractivity contribution in [3.05, 3.63) is 0 Å². The summed E-state index contributed by atoms with van der Waals surface area (Å²) in [5.74, 6) is 0. The van der Waals surface area contributed by atoms with Crippen molar-refractivity contribution in [2.75, 3.05) is 0 Å². The van der Waals surface area contributed by atoms with Crippen molar-refractivity contribution in [3.8, 4) is 0 Å². The molecule has 0 aromatic heterocycles. The van der Waals surface area contributed by atoms with Gasteiger partial charge in [0.05, 0.1) is 0 Å². The second-order valence-corrected chi connectivity index (χ2v) is 0. The third-order valence-electron chi connectivity index (χ3n) is 0. The van der Waals surface area contributed by atoms with Crippen LogP contribution in [0.15, 0.2) is 0 Å². The Morgan fingerprint density at radius 2 is 0.600 bits per heavy atom. The van der Waals surface area contributed by atoms with Gasteiger partial charge < -0.3 is 2.85 Å². The third kappa shape index (κ3) is 19.3. The summed E-state index contributed by atoms with van der Waals surface area (Å²) < 4.78 is 0. The molecule has 0 amide bonds. The molecule has 5 heavy (non-hydrogen) atoms. The number of rotatable bonds is 0. The van der Waals surface area contributed by atoms with E-state index in [1.807, 2.05) is 0 Å². The summed E-state index contributed by atoms with van der Waals surface area (Å²) in [5, 5.41) is 0. The molecule has 0 aliphatic heterocycles. The summed E-state index contributed by atoms with van der Waals surface area (Å²) in [6.07, 6.45) is 0. The molecule has 0 aromatic rings. The summed E-state index contributed by atoms with van der Waals surface area (Å²) in [5.41, 5.74) is 0. The standard InChI is InChI=1S/2Na.3H2S.2H/h;;3*1H2;;/q2*+1;;;;2*-1. The molecule has 0 N–H and O–H groups in total. The van der Waals surface area contributed by atoms with Crippen LogP contribution in [0.3, 0.4) is 0 Å². The first-order valence-electron chi connectivity index (χ1n) is 0. The van der Waals surface area contributed by atoms with Crippen LogP contribution >= 0.6 is 40.5 Å². The van der Waals surface area contributed by atoms with Gasteiger partial charge in [-0.05, 0) is 0 Å². The van der Waals surface area contributed by atoms with Crippen molar-refractivity contribution in [2.24, 2.45) is 0 Å². The van der Waals surface area contributed by atoms with Crippen LogP contribution in [0, 0.1) is 0 Å². The molecule has 0 unspecified atom stereocenters. The van der Waals surface area contributed by atoms with Crippen molar-refractivity contribution in [2.45, 2.75) is 0 Å². The second-order valence-electron chi connectivity index (χ2n) is 0. The predicted molar refractivity (Wildman–Crippen MR) is 33.4 cm³/mol. The Morgan fingerprint density at radius 3 is 0.600 bits per heavy atom. The minimum Gasteiger partial charge on any atom is -1.00 e. The molecule has 0 bridgehead atoms. The maximum atomic E-state index is 0. The van der Waals surface area contributed by atoms with E-state index in [0.29, 0.717) is 0 Å². The van der Waals surface area contributed by atoms with Crippen molar-refractivity contribution >= 4 is 40.5 Å². The van der Waals surface area contributed by atoms with E-state index in [1.165, 1.54) is 0 Å². The van der Waals surface area contributed by atoms with E-state index in [1.54, 1.807) is 0 Å². The molecule has 0 aliphatic rings. The van der Waals surface area contributed by atoms with Gasteiger partial charge in [0.1, 0.15) is 0 Å².